The summed E-state index contributed by atoms with van der Waals surface area (Å²) in [6, 6.07) is 5.93. The van der Waals surface area contributed by atoms with Gasteiger partial charge in [-0.1, -0.05) is 0 Å². The maximum atomic E-state index is 13.1. The van der Waals surface area contributed by atoms with E-state index in [1.165, 1.54) is 12.3 Å². The number of pyridine rings is 1. The highest BCUT2D eigenvalue weighted by Gasteiger charge is 2.17. The fourth-order valence-corrected chi connectivity index (χ4v) is 1.53. The van der Waals surface area contributed by atoms with E-state index in [1.807, 2.05) is 0 Å². The molecular weight excluding hydrogens is 267 g/mol. The van der Waals surface area contributed by atoms with Crippen molar-refractivity contribution in [3.05, 3.63) is 58.0 Å². The Morgan fingerprint density at radius 1 is 1.40 bits per heavy atom. The molecule has 0 aliphatic heterocycles. The minimum atomic E-state index is -0.681. The number of nitro benzene ring substituents is 1. The summed E-state index contributed by atoms with van der Waals surface area (Å²) in [4.78, 5) is 14.0. The third-order valence-electron chi connectivity index (χ3n) is 2.57. The number of nitrogens with zero attached hydrogens (tertiary/aromatic N) is 2. The van der Waals surface area contributed by atoms with Gasteiger partial charge >= 0.3 is 5.69 Å². The van der Waals surface area contributed by atoms with Crippen molar-refractivity contribution < 1.29 is 19.2 Å². The van der Waals surface area contributed by atoms with Crippen LogP contribution in [0.3, 0.4) is 0 Å². The first-order chi connectivity index (χ1) is 9.47. The molecule has 0 aliphatic rings. The fraction of sp³-hybridized carbons (Fsp3) is 0.154. The lowest BCUT2D eigenvalue weighted by Crippen LogP contribution is -1.97. The van der Waals surface area contributed by atoms with Crippen LogP contribution in [0, 0.1) is 15.9 Å². The second kappa shape index (κ2) is 5.62. The highest BCUT2D eigenvalue weighted by Crippen LogP contribution is 2.31. The molecule has 1 aromatic heterocycles. The molecular formula is C13H11FN2O4. The van der Waals surface area contributed by atoms with E-state index < -0.39 is 16.8 Å². The van der Waals surface area contributed by atoms with Gasteiger partial charge in [0, 0.05) is 24.4 Å². The number of rotatable bonds is 4. The first-order valence-corrected chi connectivity index (χ1v) is 5.73. The van der Waals surface area contributed by atoms with Gasteiger partial charge in [0.1, 0.15) is 5.82 Å². The van der Waals surface area contributed by atoms with Crippen molar-refractivity contribution in [3.8, 4) is 11.6 Å². The average Bonchev–Trinajstić information content (AvgIpc) is 2.39. The van der Waals surface area contributed by atoms with Crippen LogP contribution in [-0.4, -0.2) is 15.0 Å². The number of aliphatic hydroxyl groups is 1. The van der Waals surface area contributed by atoms with Crippen LogP contribution in [0.2, 0.25) is 0 Å². The zero-order valence-corrected chi connectivity index (χ0v) is 10.5. The van der Waals surface area contributed by atoms with Crippen LogP contribution >= 0.6 is 0 Å². The van der Waals surface area contributed by atoms with Crippen LogP contribution in [-0.2, 0) is 0 Å². The quantitative estimate of drug-likeness (QED) is 0.686. The Kier molecular flexibility index (Phi) is 3.90. The minimum absolute atomic E-state index is 0.0723. The number of aliphatic hydroxyl groups excluding tert-OH is 1. The normalized spacial score (nSPS) is 11.9. The summed E-state index contributed by atoms with van der Waals surface area (Å²) in [5.74, 6) is -0.804. The van der Waals surface area contributed by atoms with E-state index >= 15 is 0 Å². The highest BCUT2D eigenvalue weighted by molar-refractivity contribution is 5.47. The zero-order chi connectivity index (χ0) is 14.7. The van der Waals surface area contributed by atoms with Crippen LogP contribution < -0.4 is 4.74 Å². The maximum Gasteiger partial charge on any atom is 0.311 e. The lowest BCUT2D eigenvalue weighted by molar-refractivity contribution is -0.385. The van der Waals surface area contributed by atoms with Crippen molar-refractivity contribution in [2.45, 2.75) is 13.0 Å². The molecule has 0 fully saturated rings. The van der Waals surface area contributed by atoms with Gasteiger partial charge in [0.25, 0.3) is 0 Å². The van der Waals surface area contributed by atoms with Crippen LogP contribution in [0.1, 0.15) is 18.6 Å². The molecule has 2 aromatic rings. The van der Waals surface area contributed by atoms with E-state index in [1.54, 1.807) is 13.0 Å². The predicted octanol–water partition coefficient (Wildman–Crippen LogP) is 2.97. The summed E-state index contributed by atoms with van der Waals surface area (Å²) in [5.41, 5.74) is 0.221. The molecule has 0 unspecified atom stereocenters. The largest absolute Gasteiger partial charge is 0.432 e. The number of nitro groups is 1. The van der Waals surface area contributed by atoms with Gasteiger partial charge in [-0.15, -0.1) is 0 Å². The lowest BCUT2D eigenvalue weighted by atomic mass is 10.2. The Morgan fingerprint density at radius 2 is 2.15 bits per heavy atom. The molecule has 0 aliphatic carbocycles. The number of halogens is 1. The predicted molar refractivity (Wildman–Crippen MR) is 68.0 cm³/mol. The molecule has 0 bridgehead atoms. The second-order valence-corrected chi connectivity index (χ2v) is 4.08. The molecule has 0 saturated heterocycles. The molecule has 2 rings (SSSR count). The first kappa shape index (κ1) is 13.9. The van der Waals surface area contributed by atoms with E-state index in [0.29, 0.717) is 5.56 Å². The van der Waals surface area contributed by atoms with Gasteiger partial charge in [-0.3, -0.25) is 10.1 Å². The molecule has 1 atom stereocenters. The van der Waals surface area contributed by atoms with Crippen LogP contribution in [0.15, 0.2) is 36.5 Å². The first-order valence-electron chi connectivity index (χ1n) is 5.73. The van der Waals surface area contributed by atoms with Crippen molar-refractivity contribution in [2.75, 3.05) is 0 Å². The average molecular weight is 278 g/mol. The summed E-state index contributed by atoms with van der Waals surface area (Å²) >= 11 is 0. The summed E-state index contributed by atoms with van der Waals surface area (Å²) in [7, 11) is 0. The van der Waals surface area contributed by atoms with Crippen molar-refractivity contribution in [1.29, 1.82) is 0 Å². The zero-order valence-electron chi connectivity index (χ0n) is 10.5. The van der Waals surface area contributed by atoms with Gasteiger partial charge < -0.3 is 9.84 Å². The Hall–Kier alpha value is -2.54. The standard InChI is InChI=1S/C13H11FN2O4/c1-8(17)9-2-5-13(15-7-9)20-12-6-10(14)3-4-11(12)16(18)19/h2-8,17H,1H3/t8-/m0/s1. The van der Waals surface area contributed by atoms with E-state index in [-0.39, 0.29) is 17.3 Å². The molecule has 7 heteroatoms. The van der Waals surface area contributed by atoms with Crippen molar-refractivity contribution in [2.24, 2.45) is 0 Å². The van der Waals surface area contributed by atoms with Crippen molar-refractivity contribution in [1.82, 2.24) is 4.98 Å². The van der Waals surface area contributed by atoms with Gasteiger partial charge in [0.15, 0.2) is 0 Å². The second-order valence-electron chi connectivity index (χ2n) is 4.08. The Morgan fingerprint density at radius 3 is 2.70 bits per heavy atom. The van der Waals surface area contributed by atoms with Crippen molar-refractivity contribution >= 4 is 5.69 Å². The maximum absolute atomic E-state index is 13.1. The Bertz CT molecular complexity index is 629. The molecule has 0 spiro atoms. The Labute approximate surface area is 113 Å². The van der Waals surface area contributed by atoms with E-state index in [9.17, 15) is 19.6 Å². The van der Waals surface area contributed by atoms with Gasteiger partial charge in [-0.2, -0.15) is 0 Å². The van der Waals surface area contributed by atoms with Gasteiger partial charge in [-0.05, 0) is 24.6 Å². The van der Waals surface area contributed by atoms with Gasteiger partial charge in [0.05, 0.1) is 11.0 Å². The molecule has 1 aromatic carbocycles. The topological polar surface area (TPSA) is 85.5 Å². The highest BCUT2D eigenvalue weighted by atomic mass is 19.1. The fourth-order valence-electron chi connectivity index (χ4n) is 1.53. The smallest absolute Gasteiger partial charge is 0.311 e. The van der Waals surface area contributed by atoms with Crippen LogP contribution in [0.25, 0.3) is 0 Å². The molecule has 6 nitrogen and oxygen atoms in total. The number of hydrogen-bond donors (Lipinski definition) is 1. The number of ether oxygens (including phenoxy) is 1. The third-order valence-corrected chi connectivity index (χ3v) is 2.57. The van der Waals surface area contributed by atoms with Crippen molar-refractivity contribution in [3.63, 3.8) is 0 Å². The van der Waals surface area contributed by atoms with Crippen LogP contribution in [0.5, 0.6) is 11.6 Å². The number of aromatic nitrogens is 1. The molecule has 1 heterocycles. The summed E-state index contributed by atoms with van der Waals surface area (Å²) in [6.45, 7) is 1.58. The molecule has 0 saturated carbocycles. The van der Waals surface area contributed by atoms with E-state index in [4.69, 9.17) is 4.74 Å². The van der Waals surface area contributed by atoms with Crippen LogP contribution in [0.4, 0.5) is 10.1 Å². The minimum Gasteiger partial charge on any atom is -0.432 e. The van der Waals surface area contributed by atoms with E-state index in [0.717, 1.165) is 18.2 Å². The SMILES string of the molecule is C[C@H](O)c1ccc(Oc2cc(F)ccc2[N+](=O)[O-])nc1. The van der Waals surface area contributed by atoms with E-state index in [2.05, 4.69) is 4.98 Å². The Balaban J connectivity index is 2.29. The molecule has 0 radical (unpaired) electrons. The third kappa shape index (κ3) is 3.07. The van der Waals surface area contributed by atoms with Gasteiger partial charge in [0.2, 0.25) is 11.6 Å². The number of hydrogen-bond acceptors (Lipinski definition) is 5. The summed E-state index contributed by atoms with van der Waals surface area (Å²) in [6.07, 6.45) is 0.700. The molecule has 1 N–H and O–H groups in total. The molecule has 0 amide bonds. The molecule has 104 valence electrons. The lowest BCUT2D eigenvalue weighted by Gasteiger charge is -2.07. The number of benzene rings is 1. The summed E-state index contributed by atoms with van der Waals surface area (Å²) in [5, 5.41) is 20.2. The summed E-state index contributed by atoms with van der Waals surface area (Å²) < 4.78 is 18.3. The monoisotopic (exact) mass is 278 g/mol. The molecule has 20 heavy (non-hydrogen) atoms. The van der Waals surface area contributed by atoms with Gasteiger partial charge in [-0.25, -0.2) is 9.37 Å².